The lowest BCUT2D eigenvalue weighted by Gasteiger charge is -2.03. The van der Waals surface area contributed by atoms with Crippen LogP contribution in [0.25, 0.3) is 10.6 Å². The van der Waals surface area contributed by atoms with Gasteiger partial charge in [-0.15, -0.1) is 11.3 Å². The van der Waals surface area contributed by atoms with Gasteiger partial charge in [-0.25, -0.2) is 14.8 Å². The molecule has 7 heteroatoms. The number of carbonyl (C=O) groups is 1. The topological polar surface area (TPSA) is 70.2 Å². The molecule has 114 valence electrons. The average Bonchev–Trinajstić information content (AvgIpc) is 3.26. The lowest BCUT2D eigenvalue weighted by molar-refractivity contribution is 0.0491. The molecule has 3 heterocycles. The van der Waals surface area contributed by atoms with Gasteiger partial charge in [0.2, 0.25) is 0 Å². The zero-order valence-corrected chi connectivity index (χ0v) is 12.7. The molecule has 0 radical (unpaired) electrons. The van der Waals surface area contributed by atoms with Gasteiger partial charge < -0.3 is 13.7 Å². The van der Waals surface area contributed by atoms with Crippen LogP contribution in [-0.2, 0) is 11.3 Å². The van der Waals surface area contributed by atoms with E-state index in [-0.39, 0.29) is 5.97 Å². The fourth-order valence-electron chi connectivity index (χ4n) is 1.94. The highest BCUT2D eigenvalue weighted by Gasteiger charge is 2.13. The van der Waals surface area contributed by atoms with E-state index in [1.54, 1.807) is 30.4 Å². The molecule has 0 spiro atoms. The van der Waals surface area contributed by atoms with E-state index in [0.717, 1.165) is 30.0 Å². The molecule has 0 aliphatic carbocycles. The quantitative estimate of drug-likeness (QED) is 0.494. The zero-order chi connectivity index (χ0) is 15.2. The summed E-state index contributed by atoms with van der Waals surface area (Å²) in [6.07, 6.45) is 10.4. The number of unbranched alkanes of at least 4 members (excludes halogenated alkanes) is 1. The molecule has 0 atom stereocenters. The Hall–Kier alpha value is -2.41. The molecule has 0 bridgehead atoms. The van der Waals surface area contributed by atoms with Crippen LogP contribution in [0.2, 0.25) is 0 Å². The number of ether oxygens (including phenoxy) is 1. The maximum atomic E-state index is 11.9. The minimum atomic E-state index is -0.381. The molecule has 0 aliphatic heterocycles. The van der Waals surface area contributed by atoms with Crippen molar-refractivity contribution >= 4 is 17.3 Å². The number of rotatable bonds is 7. The molecule has 22 heavy (non-hydrogen) atoms. The summed E-state index contributed by atoms with van der Waals surface area (Å²) in [5.41, 5.74) is 1.21. The second kappa shape index (κ2) is 7.04. The number of esters is 1. The van der Waals surface area contributed by atoms with Crippen LogP contribution >= 0.6 is 11.3 Å². The first kappa shape index (κ1) is 14.5. The summed E-state index contributed by atoms with van der Waals surface area (Å²) >= 11 is 1.40. The van der Waals surface area contributed by atoms with Gasteiger partial charge in [-0.3, -0.25) is 0 Å². The number of furan rings is 1. The average molecular weight is 317 g/mol. The first-order valence-electron chi connectivity index (χ1n) is 6.94. The van der Waals surface area contributed by atoms with Crippen LogP contribution in [0.3, 0.4) is 0 Å². The fourth-order valence-corrected chi connectivity index (χ4v) is 2.72. The maximum absolute atomic E-state index is 11.9. The van der Waals surface area contributed by atoms with Crippen LogP contribution in [0, 0.1) is 0 Å². The highest BCUT2D eigenvalue weighted by atomic mass is 32.1. The third-order valence-corrected chi connectivity index (χ3v) is 3.98. The van der Waals surface area contributed by atoms with E-state index < -0.39 is 0 Å². The Morgan fingerprint density at radius 2 is 2.36 bits per heavy atom. The Morgan fingerprint density at radius 3 is 3.14 bits per heavy atom. The number of imidazole rings is 1. The van der Waals surface area contributed by atoms with Crippen molar-refractivity contribution in [1.82, 2.24) is 14.5 Å². The summed E-state index contributed by atoms with van der Waals surface area (Å²) < 4.78 is 12.2. The molecule has 0 aliphatic rings. The number of hydrogen-bond acceptors (Lipinski definition) is 6. The third-order valence-electron chi connectivity index (χ3n) is 3.08. The molecule has 0 saturated heterocycles. The summed E-state index contributed by atoms with van der Waals surface area (Å²) in [7, 11) is 0. The van der Waals surface area contributed by atoms with Gasteiger partial charge in [0.05, 0.1) is 19.2 Å². The molecule has 0 unspecified atom stereocenters. The second-order valence-corrected chi connectivity index (χ2v) is 5.55. The largest absolute Gasteiger partial charge is 0.472 e. The normalized spacial score (nSPS) is 10.7. The molecule has 6 nitrogen and oxygen atoms in total. The molecule has 0 amide bonds. The minimum absolute atomic E-state index is 0.343. The van der Waals surface area contributed by atoms with Crippen molar-refractivity contribution in [1.29, 1.82) is 0 Å². The van der Waals surface area contributed by atoms with E-state index in [4.69, 9.17) is 9.15 Å². The van der Waals surface area contributed by atoms with Crippen molar-refractivity contribution in [2.24, 2.45) is 0 Å². The van der Waals surface area contributed by atoms with E-state index in [1.165, 1.54) is 11.3 Å². The van der Waals surface area contributed by atoms with Crippen molar-refractivity contribution in [3.05, 3.63) is 48.4 Å². The van der Waals surface area contributed by atoms with Crippen LogP contribution in [0.1, 0.15) is 23.3 Å². The van der Waals surface area contributed by atoms with Crippen LogP contribution in [-0.4, -0.2) is 27.1 Å². The van der Waals surface area contributed by atoms with Crippen LogP contribution < -0.4 is 0 Å². The number of aryl methyl sites for hydroxylation is 1. The molecule has 0 N–H and O–H groups in total. The van der Waals surface area contributed by atoms with Crippen molar-refractivity contribution in [2.75, 3.05) is 6.61 Å². The standard InChI is InChI=1S/C15H15N3O3S/c19-15(21-7-2-1-5-18-6-4-16-11-18)13-10-22-14(17-13)12-3-8-20-9-12/h3-4,6,8-11H,1-2,5,7H2. The van der Waals surface area contributed by atoms with Gasteiger partial charge in [0, 0.05) is 29.9 Å². The summed E-state index contributed by atoms with van der Waals surface area (Å²) in [5, 5.41) is 2.46. The SMILES string of the molecule is O=C(OCCCCn1ccnc1)c1csc(-c2ccoc2)n1. The molecule has 3 aromatic rings. The Bertz CT molecular complexity index is 704. The Morgan fingerprint density at radius 1 is 1.41 bits per heavy atom. The van der Waals surface area contributed by atoms with Crippen molar-refractivity contribution in [3.8, 4) is 10.6 Å². The predicted molar refractivity (Wildman–Crippen MR) is 81.6 cm³/mol. The lowest BCUT2D eigenvalue weighted by atomic mass is 10.3. The maximum Gasteiger partial charge on any atom is 0.357 e. The van der Waals surface area contributed by atoms with Gasteiger partial charge in [0.25, 0.3) is 0 Å². The molecular formula is C15H15N3O3S. The first-order valence-corrected chi connectivity index (χ1v) is 7.82. The Kier molecular flexibility index (Phi) is 4.65. The number of aromatic nitrogens is 3. The Labute approximate surface area is 131 Å². The molecule has 3 rings (SSSR count). The summed E-state index contributed by atoms with van der Waals surface area (Å²) in [6.45, 7) is 1.27. The van der Waals surface area contributed by atoms with E-state index >= 15 is 0 Å². The summed E-state index contributed by atoms with van der Waals surface area (Å²) in [5.74, 6) is -0.381. The molecule has 0 saturated carbocycles. The van der Waals surface area contributed by atoms with E-state index in [2.05, 4.69) is 9.97 Å². The summed E-state index contributed by atoms with van der Waals surface area (Å²) in [6, 6.07) is 1.81. The van der Waals surface area contributed by atoms with Crippen molar-refractivity contribution in [3.63, 3.8) is 0 Å². The summed E-state index contributed by atoms with van der Waals surface area (Å²) in [4.78, 5) is 20.1. The monoisotopic (exact) mass is 317 g/mol. The fraction of sp³-hybridized carbons (Fsp3) is 0.267. The van der Waals surface area contributed by atoms with Crippen LogP contribution in [0.4, 0.5) is 0 Å². The number of thiazole rings is 1. The highest BCUT2D eigenvalue weighted by Crippen LogP contribution is 2.24. The lowest BCUT2D eigenvalue weighted by Crippen LogP contribution is -2.07. The van der Waals surface area contributed by atoms with E-state index in [1.807, 2.05) is 16.8 Å². The van der Waals surface area contributed by atoms with Gasteiger partial charge in [0.15, 0.2) is 5.69 Å². The Balaban J connectivity index is 1.42. The highest BCUT2D eigenvalue weighted by molar-refractivity contribution is 7.13. The van der Waals surface area contributed by atoms with E-state index in [0.29, 0.717) is 12.3 Å². The predicted octanol–water partition coefficient (Wildman–Crippen LogP) is 3.24. The van der Waals surface area contributed by atoms with Crippen molar-refractivity contribution < 1.29 is 13.9 Å². The van der Waals surface area contributed by atoms with E-state index in [9.17, 15) is 4.79 Å². The van der Waals surface area contributed by atoms with Gasteiger partial charge in [-0.05, 0) is 18.9 Å². The first-order chi connectivity index (χ1) is 10.8. The van der Waals surface area contributed by atoms with Crippen LogP contribution in [0.15, 0.2) is 47.1 Å². The van der Waals surface area contributed by atoms with Gasteiger partial charge >= 0.3 is 5.97 Å². The number of nitrogens with zero attached hydrogens (tertiary/aromatic N) is 3. The molecular weight excluding hydrogens is 302 g/mol. The van der Waals surface area contributed by atoms with Gasteiger partial charge in [-0.1, -0.05) is 0 Å². The number of carbonyl (C=O) groups excluding carboxylic acids is 1. The van der Waals surface area contributed by atoms with Gasteiger partial charge in [-0.2, -0.15) is 0 Å². The van der Waals surface area contributed by atoms with Crippen molar-refractivity contribution in [2.45, 2.75) is 19.4 Å². The molecule has 0 aromatic carbocycles. The van der Waals surface area contributed by atoms with Gasteiger partial charge in [0.1, 0.15) is 11.3 Å². The zero-order valence-electron chi connectivity index (χ0n) is 11.8. The third kappa shape index (κ3) is 3.62. The number of hydrogen-bond donors (Lipinski definition) is 0. The smallest absolute Gasteiger partial charge is 0.357 e. The minimum Gasteiger partial charge on any atom is -0.472 e. The molecule has 0 fully saturated rings. The van der Waals surface area contributed by atoms with Crippen LogP contribution in [0.5, 0.6) is 0 Å². The second-order valence-electron chi connectivity index (χ2n) is 4.69. The molecule has 3 aromatic heterocycles.